The first kappa shape index (κ1) is 20.3. The molecule has 3 heteroatoms. The highest BCUT2D eigenvalue weighted by Crippen LogP contribution is 2.34. The van der Waals surface area contributed by atoms with E-state index in [4.69, 9.17) is 0 Å². The van der Waals surface area contributed by atoms with Crippen molar-refractivity contribution in [1.29, 1.82) is 0 Å². The van der Waals surface area contributed by atoms with Gasteiger partial charge in [-0.2, -0.15) is 0 Å². The largest absolute Gasteiger partial charge is 0.306 e. The second-order valence-corrected chi connectivity index (χ2v) is 9.01. The predicted molar refractivity (Wildman–Crippen MR) is 116 cm³/mol. The lowest BCUT2D eigenvalue weighted by Crippen LogP contribution is -2.29. The number of hydrogen-bond acceptors (Lipinski definition) is 2. The lowest BCUT2D eigenvalue weighted by molar-refractivity contribution is -0.124. The number of piperidine rings is 1. The minimum atomic E-state index is -0.247. The number of halogens is 1. The monoisotopic (exact) mass is 393 g/mol. The average Bonchev–Trinajstić information content (AvgIpc) is 3.28. The zero-order valence-corrected chi connectivity index (χ0v) is 17.4. The van der Waals surface area contributed by atoms with Crippen molar-refractivity contribution >= 4 is 5.78 Å². The fourth-order valence-electron chi connectivity index (χ4n) is 5.08. The first-order valence-corrected chi connectivity index (χ1v) is 11.2. The lowest BCUT2D eigenvalue weighted by atomic mass is 9.82. The zero-order valence-electron chi connectivity index (χ0n) is 17.4. The summed E-state index contributed by atoms with van der Waals surface area (Å²) < 4.78 is 13.4. The smallest absolute Gasteiger partial charge is 0.143 e. The molecule has 2 fully saturated rings. The van der Waals surface area contributed by atoms with E-state index in [-0.39, 0.29) is 17.7 Å². The number of carbonyl (C=O) groups excluding carboxylic acids is 1. The average molecular weight is 394 g/mol. The van der Waals surface area contributed by atoms with Gasteiger partial charge in [0.15, 0.2) is 0 Å². The molecule has 2 aliphatic rings. The molecule has 0 aromatic heterocycles. The van der Waals surface area contributed by atoms with Crippen molar-refractivity contribution in [2.24, 2.45) is 5.92 Å². The van der Waals surface area contributed by atoms with Gasteiger partial charge in [0, 0.05) is 11.8 Å². The van der Waals surface area contributed by atoms with E-state index >= 15 is 0 Å². The van der Waals surface area contributed by atoms with E-state index in [1.165, 1.54) is 36.1 Å². The molecule has 4 rings (SSSR count). The standard InChI is InChI=1S/C26H32FNO/c1-28-16-14-21(15-17-28)20-8-6-19(7-9-20)18-25(22-10-12-24(27)13-11-22)26(29)23-4-2-3-5-23/h6-13,21,23,25H,2-5,14-18H2,1H3. The molecule has 154 valence electrons. The molecule has 1 unspecified atom stereocenters. The molecule has 1 saturated heterocycles. The quantitative estimate of drug-likeness (QED) is 0.625. The molecule has 1 saturated carbocycles. The van der Waals surface area contributed by atoms with Crippen LogP contribution in [0.2, 0.25) is 0 Å². The van der Waals surface area contributed by atoms with Crippen LogP contribution in [-0.2, 0) is 11.2 Å². The first-order chi connectivity index (χ1) is 14.1. The van der Waals surface area contributed by atoms with E-state index in [1.54, 1.807) is 12.1 Å². The molecule has 0 amide bonds. The van der Waals surface area contributed by atoms with Crippen molar-refractivity contribution in [2.45, 2.75) is 56.8 Å². The third kappa shape index (κ3) is 4.95. The minimum absolute atomic E-state index is 0.170. The van der Waals surface area contributed by atoms with Gasteiger partial charge in [0.2, 0.25) is 0 Å². The molecule has 1 aliphatic heterocycles. The maximum absolute atomic E-state index is 13.4. The molecule has 0 radical (unpaired) electrons. The predicted octanol–water partition coefficient (Wildman–Crippen LogP) is 5.72. The Morgan fingerprint density at radius 2 is 1.59 bits per heavy atom. The number of carbonyl (C=O) groups is 1. The highest BCUT2D eigenvalue weighted by atomic mass is 19.1. The van der Waals surface area contributed by atoms with Crippen LogP contribution in [0.4, 0.5) is 4.39 Å². The molecule has 29 heavy (non-hydrogen) atoms. The Bertz CT molecular complexity index is 800. The fourth-order valence-corrected chi connectivity index (χ4v) is 5.08. The number of rotatable bonds is 6. The van der Waals surface area contributed by atoms with Gasteiger partial charge < -0.3 is 4.90 Å². The van der Waals surface area contributed by atoms with E-state index in [9.17, 15) is 9.18 Å². The van der Waals surface area contributed by atoms with Gasteiger partial charge in [-0.25, -0.2) is 4.39 Å². The van der Waals surface area contributed by atoms with Crippen molar-refractivity contribution in [3.05, 3.63) is 71.0 Å². The van der Waals surface area contributed by atoms with Crippen LogP contribution in [0.15, 0.2) is 48.5 Å². The summed E-state index contributed by atoms with van der Waals surface area (Å²) in [6.45, 7) is 2.32. The highest BCUT2D eigenvalue weighted by Gasteiger charge is 2.30. The van der Waals surface area contributed by atoms with E-state index in [2.05, 4.69) is 36.2 Å². The second-order valence-electron chi connectivity index (χ2n) is 9.01. The molecule has 1 heterocycles. The maximum Gasteiger partial charge on any atom is 0.143 e. The summed E-state index contributed by atoms with van der Waals surface area (Å²) in [4.78, 5) is 15.7. The van der Waals surface area contributed by atoms with Crippen LogP contribution in [0.5, 0.6) is 0 Å². The normalized spacial score (nSPS) is 20.1. The first-order valence-electron chi connectivity index (χ1n) is 11.2. The lowest BCUT2D eigenvalue weighted by Gasteiger charge is -2.29. The van der Waals surface area contributed by atoms with Crippen LogP contribution < -0.4 is 0 Å². The van der Waals surface area contributed by atoms with Crippen molar-refractivity contribution in [3.8, 4) is 0 Å². The Morgan fingerprint density at radius 1 is 0.966 bits per heavy atom. The van der Waals surface area contributed by atoms with Crippen LogP contribution in [0.3, 0.4) is 0 Å². The zero-order chi connectivity index (χ0) is 20.2. The molecule has 0 spiro atoms. The number of nitrogens with zero attached hydrogens (tertiary/aromatic N) is 1. The molecule has 0 N–H and O–H groups in total. The molecule has 1 aliphatic carbocycles. The van der Waals surface area contributed by atoms with Gasteiger partial charge in [-0.15, -0.1) is 0 Å². The van der Waals surface area contributed by atoms with Crippen molar-refractivity contribution in [1.82, 2.24) is 4.90 Å². The number of likely N-dealkylation sites (tertiary alicyclic amines) is 1. The van der Waals surface area contributed by atoms with Crippen LogP contribution in [0.25, 0.3) is 0 Å². The van der Waals surface area contributed by atoms with Crippen LogP contribution in [0, 0.1) is 11.7 Å². The number of benzene rings is 2. The summed E-state index contributed by atoms with van der Waals surface area (Å²) in [6, 6.07) is 15.5. The SMILES string of the molecule is CN1CCC(c2ccc(CC(C(=O)C3CCCC3)c3ccc(F)cc3)cc2)CC1. The summed E-state index contributed by atoms with van der Waals surface area (Å²) in [6.07, 6.45) is 7.45. The Kier molecular flexibility index (Phi) is 6.44. The van der Waals surface area contributed by atoms with Crippen molar-refractivity contribution in [2.75, 3.05) is 20.1 Å². The minimum Gasteiger partial charge on any atom is -0.306 e. The van der Waals surface area contributed by atoms with E-state index < -0.39 is 0 Å². The van der Waals surface area contributed by atoms with Crippen LogP contribution in [-0.4, -0.2) is 30.8 Å². The Balaban J connectivity index is 1.50. The topological polar surface area (TPSA) is 20.3 Å². The molecule has 2 nitrogen and oxygen atoms in total. The van der Waals surface area contributed by atoms with E-state index in [1.807, 2.05) is 0 Å². The number of hydrogen-bond donors (Lipinski definition) is 0. The van der Waals surface area contributed by atoms with Gasteiger partial charge in [-0.3, -0.25) is 4.79 Å². The summed E-state index contributed by atoms with van der Waals surface area (Å²) in [5.41, 5.74) is 3.56. The fraction of sp³-hybridized carbons (Fsp3) is 0.500. The summed E-state index contributed by atoms with van der Waals surface area (Å²) in [5, 5.41) is 0. The third-order valence-corrected chi connectivity index (χ3v) is 6.98. The molecular formula is C26H32FNO. The van der Waals surface area contributed by atoms with Gasteiger partial charge >= 0.3 is 0 Å². The van der Waals surface area contributed by atoms with Crippen molar-refractivity contribution < 1.29 is 9.18 Å². The highest BCUT2D eigenvalue weighted by molar-refractivity contribution is 5.88. The number of Topliss-reactive ketones (excluding diaryl/α,β-unsaturated/α-hetero) is 1. The molecule has 2 aromatic rings. The Morgan fingerprint density at radius 3 is 2.21 bits per heavy atom. The summed E-state index contributed by atoms with van der Waals surface area (Å²) >= 11 is 0. The van der Waals surface area contributed by atoms with Gasteiger partial charge in [0.05, 0.1) is 0 Å². The molecule has 2 aromatic carbocycles. The summed E-state index contributed by atoms with van der Waals surface area (Å²) in [7, 11) is 2.19. The Hall–Kier alpha value is -2.00. The number of ketones is 1. The Labute approximate surface area is 174 Å². The van der Waals surface area contributed by atoms with Crippen LogP contribution >= 0.6 is 0 Å². The van der Waals surface area contributed by atoms with Gasteiger partial charge in [-0.05, 0) is 87.0 Å². The second kappa shape index (κ2) is 9.21. The molecule has 1 atom stereocenters. The van der Waals surface area contributed by atoms with E-state index in [0.717, 1.165) is 44.3 Å². The van der Waals surface area contributed by atoms with Gasteiger partial charge in [-0.1, -0.05) is 49.2 Å². The van der Waals surface area contributed by atoms with E-state index in [0.29, 0.717) is 18.1 Å². The summed E-state index contributed by atoms with van der Waals surface area (Å²) in [5.74, 6) is 0.737. The van der Waals surface area contributed by atoms with Crippen LogP contribution in [0.1, 0.15) is 67.1 Å². The third-order valence-electron chi connectivity index (χ3n) is 6.98. The molecular weight excluding hydrogens is 361 g/mol. The van der Waals surface area contributed by atoms with Gasteiger partial charge in [0.25, 0.3) is 0 Å². The van der Waals surface area contributed by atoms with Gasteiger partial charge in [0.1, 0.15) is 11.6 Å². The maximum atomic E-state index is 13.4. The molecule has 0 bridgehead atoms. The van der Waals surface area contributed by atoms with Crippen molar-refractivity contribution in [3.63, 3.8) is 0 Å².